The van der Waals surface area contributed by atoms with Gasteiger partial charge in [-0.1, -0.05) is 6.07 Å². The Morgan fingerprint density at radius 1 is 1.03 bits per heavy atom. The minimum absolute atomic E-state index is 0.0246. The standard InChI is InChI=1S/C27H30N2O6/c1-15-7-22-17(12-34-27(22)32)8-21(15)24(30)10-28-5-6-29-11-25(33-13-18(29)9-28)19-3-4-20-23(16(19)2)14-35-26(20)31/h3-4,7-8,18,24-25,30H,5-6,9-14H2,1-2H3/t18-,24?,25-/m0/s1. The predicted molar refractivity (Wildman–Crippen MR) is 126 cm³/mol. The number of carbonyl (C=O) groups is 2. The molecule has 1 unspecified atom stereocenters. The number of aryl methyl sites for hydroxylation is 1. The van der Waals surface area contributed by atoms with Crippen LogP contribution >= 0.6 is 0 Å². The summed E-state index contributed by atoms with van der Waals surface area (Å²) in [5.41, 5.74) is 7.11. The molecule has 0 aliphatic carbocycles. The van der Waals surface area contributed by atoms with Gasteiger partial charge in [0.2, 0.25) is 0 Å². The van der Waals surface area contributed by atoms with E-state index < -0.39 is 6.10 Å². The van der Waals surface area contributed by atoms with Gasteiger partial charge >= 0.3 is 11.9 Å². The molecule has 0 amide bonds. The van der Waals surface area contributed by atoms with E-state index in [4.69, 9.17) is 14.2 Å². The van der Waals surface area contributed by atoms with Crippen molar-refractivity contribution in [2.75, 3.05) is 39.3 Å². The topological polar surface area (TPSA) is 88.5 Å². The van der Waals surface area contributed by atoms with E-state index in [-0.39, 0.29) is 30.7 Å². The van der Waals surface area contributed by atoms with Crippen molar-refractivity contribution < 1.29 is 28.9 Å². The van der Waals surface area contributed by atoms with Gasteiger partial charge in [0.15, 0.2) is 0 Å². The van der Waals surface area contributed by atoms with Gasteiger partial charge in [-0.05, 0) is 54.3 Å². The first-order valence-electron chi connectivity index (χ1n) is 12.2. The van der Waals surface area contributed by atoms with Crippen LogP contribution in [0.3, 0.4) is 0 Å². The molecule has 0 bridgehead atoms. The minimum Gasteiger partial charge on any atom is -0.457 e. The van der Waals surface area contributed by atoms with E-state index >= 15 is 0 Å². The molecule has 4 aliphatic heterocycles. The van der Waals surface area contributed by atoms with Crippen LogP contribution in [0, 0.1) is 13.8 Å². The molecule has 6 rings (SSSR count). The smallest absolute Gasteiger partial charge is 0.338 e. The molecule has 8 heteroatoms. The number of rotatable bonds is 4. The second kappa shape index (κ2) is 8.71. The van der Waals surface area contributed by atoms with Gasteiger partial charge in [0.1, 0.15) is 13.2 Å². The van der Waals surface area contributed by atoms with Crippen LogP contribution in [0.15, 0.2) is 24.3 Å². The van der Waals surface area contributed by atoms with Crippen molar-refractivity contribution in [1.29, 1.82) is 0 Å². The number of ether oxygens (including phenoxy) is 3. The lowest BCUT2D eigenvalue weighted by molar-refractivity contribution is -0.0939. The molecule has 0 spiro atoms. The van der Waals surface area contributed by atoms with Crippen LogP contribution in [-0.2, 0) is 27.4 Å². The van der Waals surface area contributed by atoms with Gasteiger partial charge in [-0.25, -0.2) is 9.59 Å². The molecular formula is C27H30N2O6. The first-order chi connectivity index (χ1) is 16.9. The summed E-state index contributed by atoms with van der Waals surface area (Å²) in [7, 11) is 0. The number of aliphatic hydroxyl groups is 1. The third-order valence-electron chi connectivity index (χ3n) is 7.99. The fourth-order valence-electron chi connectivity index (χ4n) is 5.92. The molecular weight excluding hydrogens is 448 g/mol. The van der Waals surface area contributed by atoms with E-state index in [1.165, 1.54) is 0 Å². The Balaban J connectivity index is 1.10. The lowest BCUT2D eigenvalue weighted by atomic mass is 9.93. The number of benzene rings is 2. The van der Waals surface area contributed by atoms with Crippen LogP contribution in [0.2, 0.25) is 0 Å². The second-order valence-electron chi connectivity index (χ2n) is 10.1. The largest absolute Gasteiger partial charge is 0.457 e. The van der Waals surface area contributed by atoms with Gasteiger partial charge in [-0.3, -0.25) is 9.80 Å². The SMILES string of the molecule is Cc1cc2c(cc1C(O)CN1CCN3C[C@@H](c4ccc5c(c4C)COC5=O)OC[C@@H]3C1)COC2=O. The number of hydrogen-bond acceptors (Lipinski definition) is 8. The number of morpholine rings is 1. The van der Waals surface area contributed by atoms with Gasteiger partial charge in [-0.15, -0.1) is 0 Å². The van der Waals surface area contributed by atoms with Crippen LogP contribution in [0.25, 0.3) is 0 Å². The molecule has 1 N–H and O–H groups in total. The highest BCUT2D eigenvalue weighted by atomic mass is 16.5. The van der Waals surface area contributed by atoms with Gasteiger partial charge in [-0.2, -0.15) is 0 Å². The zero-order chi connectivity index (χ0) is 24.3. The molecule has 35 heavy (non-hydrogen) atoms. The number of piperazine rings is 1. The normalized spacial score (nSPS) is 25.0. The van der Waals surface area contributed by atoms with Gasteiger partial charge < -0.3 is 19.3 Å². The zero-order valence-electron chi connectivity index (χ0n) is 20.1. The number of aliphatic hydroxyl groups excluding tert-OH is 1. The number of fused-ring (bicyclic) bond motifs is 3. The van der Waals surface area contributed by atoms with Crippen molar-refractivity contribution in [3.8, 4) is 0 Å². The molecule has 0 radical (unpaired) electrons. The van der Waals surface area contributed by atoms with E-state index in [2.05, 4.69) is 9.80 Å². The van der Waals surface area contributed by atoms with E-state index in [0.29, 0.717) is 30.9 Å². The molecule has 8 nitrogen and oxygen atoms in total. The first kappa shape index (κ1) is 22.7. The second-order valence-corrected chi connectivity index (χ2v) is 10.1. The van der Waals surface area contributed by atoms with Gasteiger partial charge in [0, 0.05) is 49.9 Å². The zero-order valence-corrected chi connectivity index (χ0v) is 20.1. The van der Waals surface area contributed by atoms with Gasteiger partial charge in [0.25, 0.3) is 0 Å². The summed E-state index contributed by atoms with van der Waals surface area (Å²) >= 11 is 0. The highest BCUT2D eigenvalue weighted by Crippen LogP contribution is 2.34. The van der Waals surface area contributed by atoms with Crippen LogP contribution in [0.1, 0.15) is 66.3 Å². The predicted octanol–water partition coefficient (Wildman–Crippen LogP) is 2.44. The first-order valence-corrected chi connectivity index (χ1v) is 12.2. The third kappa shape index (κ3) is 3.94. The number of esters is 2. The van der Waals surface area contributed by atoms with Crippen molar-refractivity contribution in [2.45, 2.75) is 45.3 Å². The minimum atomic E-state index is -0.626. The maximum atomic E-state index is 11.9. The average Bonchev–Trinajstić information content (AvgIpc) is 3.41. The lowest BCUT2D eigenvalue weighted by Gasteiger charge is -2.46. The summed E-state index contributed by atoms with van der Waals surface area (Å²) in [6, 6.07) is 7.90. The highest BCUT2D eigenvalue weighted by molar-refractivity contribution is 5.94. The fraction of sp³-hybridized carbons (Fsp3) is 0.481. The Labute approximate surface area is 204 Å². The Morgan fingerprint density at radius 3 is 2.69 bits per heavy atom. The Bertz CT molecular complexity index is 1210. The molecule has 4 heterocycles. The van der Waals surface area contributed by atoms with Crippen LogP contribution in [0.4, 0.5) is 0 Å². The molecule has 3 atom stereocenters. The molecule has 0 aromatic heterocycles. The van der Waals surface area contributed by atoms with E-state index in [1.54, 1.807) is 0 Å². The summed E-state index contributed by atoms with van der Waals surface area (Å²) in [5, 5.41) is 11.0. The third-order valence-corrected chi connectivity index (χ3v) is 7.99. The molecule has 2 aromatic carbocycles. The molecule has 2 aromatic rings. The summed E-state index contributed by atoms with van der Waals surface area (Å²) in [4.78, 5) is 28.5. The Kier molecular flexibility index (Phi) is 5.64. The number of nitrogens with zero attached hydrogens (tertiary/aromatic N) is 2. The maximum Gasteiger partial charge on any atom is 0.338 e. The van der Waals surface area contributed by atoms with Crippen molar-refractivity contribution in [1.82, 2.24) is 9.80 Å². The van der Waals surface area contributed by atoms with Crippen LogP contribution < -0.4 is 0 Å². The van der Waals surface area contributed by atoms with Crippen LogP contribution in [-0.4, -0.2) is 72.2 Å². The van der Waals surface area contributed by atoms with Crippen molar-refractivity contribution in [3.05, 3.63) is 68.8 Å². The van der Waals surface area contributed by atoms with E-state index in [1.807, 2.05) is 38.1 Å². The monoisotopic (exact) mass is 478 g/mol. The number of carbonyl (C=O) groups excluding carboxylic acids is 2. The number of cyclic esters (lactones) is 2. The van der Waals surface area contributed by atoms with Crippen LogP contribution in [0.5, 0.6) is 0 Å². The Morgan fingerprint density at radius 2 is 1.83 bits per heavy atom. The molecule has 2 saturated heterocycles. The molecule has 2 fully saturated rings. The number of hydrogen-bond donors (Lipinski definition) is 1. The summed E-state index contributed by atoms with van der Waals surface area (Å²) < 4.78 is 16.6. The number of β-amino-alcohol motifs (C(OH)–C–C–N with tert-alkyl or cyclic N) is 1. The Hall–Kier alpha value is -2.78. The van der Waals surface area contributed by atoms with Crippen molar-refractivity contribution in [3.63, 3.8) is 0 Å². The van der Waals surface area contributed by atoms with E-state index in [0.717, 1.165) is 59.6 Å². The average molecular weight is 479 g/mol. The van der Waals surface area contributed by atoms with Crippen molar-refractivity contribution in [2.24, 2.45) is 0 Å². The van der Waals surface area contributed by atoms with E-state index in [9.17, 15) is 14.7 Å². The van der Waals surface area contributed by atoms with Gasteiger partial charge in [0.05, 0.1) is 29.9 Å². The summed E-state index contributed by atoms with van der Waals surface area (Å²) in [6.45, 7) is 9.20. The summed E-state index contributed by atoms with van der Waals surface area (Å²) in [5.74, 6) is -0.526. The highest BCUT2D eigenvalue weighted by Gasteiger charge is 2.36. The maximum absolute atomic E-state index is 11.9. The fourth-order valence-corrected chi connectivity index (χ4v) is 5.92. The van der Waals surface area contributed by atoms with Crippen molar-refractivity contribution >= 4 is 11.9 Å². The lowest BCUT2D eigenvalue weighted by Crippen LogP contribution is -2.58. The quantitative estimate of drug-likeness (QED) is 0.671. The molecule has 4 aliphatic rings. The molecule has 0 saturated carbocycles. The molecule has 184 valence electrons. The summed E-state index contributed by atoms with van der Waals surface area (Å²) in [6.07, 6.45) is -0.651.